The lowest BCUT2D eigenvalue weighted by Gasteiger charge is -1.89. The van der Waals surface area contributed by atoms with Gasteiger partial charge in [-0.15, -0.1) is 0 Å². The highest BCUT2D eigenvalue weighted by molar-refractivity contribution is 7.99. The maximum absolute atomic E-state index is 5.26. The molecule has 8 heavy (non-hydrogen) atoms. The zero-order valence-electron chi connectivity index (χ0n) is 4.64. The number of halogens is 1. The molecule has 0 radical (unpaired) electrons. The van der Waals surface area contributed by atoms with Crippen molar-refractivity contribution < 1.29 is 0 Å². The van der Waals surface area contributed by atoms with Gasteiger partial charge < -0.3 is 5.73 Å². The van der Waals surface area contributed by atoms with Crippen LogP contribution in [-0.4, -0.2) is 18.1 Å². The third-order valence-corrected chi connectivity index (χ3v) is 1.70. The normalized spacial score (nSPS) is 10.8. The lowest BCUT2D eigenvalue weighted by atomic mass is 10.8. The van der Waals surface area contributed by atoms with Gasteiger partial charge in [0.05, 0.1) is 0 Å². The molecule has 0 aliphatic carbocycles. The topological polar surface area (TPSA) is 26.0 Å². The van der Waals surface area contributed by atoms with Gasteiger partial charge in [-0.1, -0.05) is 17.7 Å². The molecular weight excluding hydrogens is 142 g/mol. The number of thioether (sulfide) groups is 1. The summed E-state index contributed by atoms with van der Waals surface area (Å²) in [5, 5.41) is 0. The fourth-order valence-corrected chi connectivity index (χ4v) is 1.03. The van der Waals surface area contributed by atoms with E-state index in [0.29, 0.717) is 0 Å². The van der Waals surface area contributed by atoms with Crippen molar-refractivity contribution in [3.63, 3.8) is 0 Å². The van der Waals surface area contributed by atoms with Gasteiger partial charge in [-0.05, 0) is 0 Å². The van der Waals surface area contributed by atoms with Gasteiger partial charge in [-0.25, -0.2) is 0 Å². The molecule has 0 bridgehead atoms. The number of nitrogens with two attached hydrogens (primary N) is 1. The first-order valence-electron chi connectivity index (χ1n) is 2.45. The Hall–Kier alpha value is 0.340. The lowest BCUT2D eigenvalue weighted by Crippen LogP contribution is -2.01. The molecule has 0 fully saturated rings. The highest BCUT2D eigenvalue weighted by Crippen LogP contribution is 1.97. The molecule has 0 spiro atoms. The Morgan fingerprint density at radius 3 is 2.88 bits per heavy atom. The van der Waals surface area contributed by atoms with E-state index < -0.39 is 0 Å². The average molecular weight is 152 g/mol. The zero-order valence-corrected chi connectivity index (χ0v) is 6.21. The molecule has 0 saturated heterocycles. The minimum Gasteiger partial charge on any atom is -0.330 e. The predicted octanol–water partition coefficient (Wildman–Crippen LogP) is 1.43. The van der Waals surface area contributed by atoms with Crippen LogP contribution in [-0.2, 0) is 0 Å². The summed E-state index contributed by atoms with van der Waals surface area (Å²) >= 11 is 7.04. The molecule has 48 valence electrons. The van der Waals surface area contributed by atoms with Crippen molar-refractivity contribution in [3.8, 4) is 0 Å². The van der Waals surface area contributed by atoms with E-state index in [2.05, 4.69) is 0 Å². The Kier molecular flexibility index (Phi) is 7.65. The largest absolute Gasteiger partial charge is 0.330 e. The first-order chi connectivity index (χ1) is 3.91. The molecule has 0 unspecified atom stereocenters. The molecular formula is C5H10ClNS. The van der Waals surface area contributed by atoms with Crippen LogP contribution < -0.4 is 5.73 Å². The van der Waals surface area contributed by atoms with Crippen LogP contribution in [0.4, 0.5) is 0 Å². The maximum atomic E-state index is 5.26. The van der Waals surface area contributed by atoms with Crippen LogP contribution in [0.15, 0.2) is 11.6 Å². The van der Waals surface area contributed by atoms with E-state index in [0.717, 1.165) is 18.1 Å². The zero-order chi connectivity index (χ0) is 6.24. The van der Waals surface area contributed by atoms with Crippen molar-refractivity contribution in [1.82, 2.24) is 0 Å². The standard InChI is InChI=1S/C5H10ClNS/c6-2-1-4-8-5-3-7/h1-2H,3-5,7H2/b2-1+. The molecule has 0 aliphatic rings. The van der Waals surface area contributed by atoms with Crippen molar-refractivity contribution in [2.75, 3.05) is 18.1 Å². The quantitative estimate of drug-likeness (QED) is 0.616. The van der Waals surface area contributed by atoms with Crippen molar-refractivity contribution >= 4 is 23.4 Å². The fraction of sp³-hybridized carbons (Fsp3) is 0.600. The highest BCUT2D eigenvalue weighted by Gasteiger charge is 1.78. The van der Waals surface area contributed by atoms with E-state index in [4.69, 9.17) is 17.3 Å². The van der Waals surface area contributed by atoms with Crippen molar-refractivity contribution in [3.05, 3.63) is 11.6 Å². The molecule has 0 aromatic heterocycles. The second-order valence-corrected chi connectivity index (χ2v) is 2.63. The van der Waals surface area contributed by atoms with Gasteiger partial charge in [0, 0.05) is 23.6 Å². The summed E-state index contributed by atoms with van der Waals surface area (Å²) in [5.41, 5.74) is 6.76. The van der Waals surface area contributed by atoms with E-state index >= 15 is 0 Å². The third-order valence-electron chi connectivity index (χ3n) is 0.565. The van der Waals surface area contributed by atoms with Crippen LogP contribution in [0.1, 0.15) is 0 Å². The van der Waals surface area contributed by atoms with Gasteiger partial charge in [0.2, 0.25) is 0 Å². The van der Waals surface area contributed by atoms with Crippen LogP contribution >= 0.6 is 23.4 Å². The van der Waals surface area contributed by atoms with Gasteiger partial charge in [0.15, 0.2) is 0 Å². The van der Waals surface area contributed by atoms with Gasteiger partial charge in [0.1, 0.15) is 0 Å². The van der Waals surface area contributed by atoms with E-state index in [1.54, 1.807) is 11.8 Å². The molecule has 1 nitrogen and oxygen atoms in total. The van der Waals surface area contributed by atoms with E-state index in [9.17, 15) is 0 Å². The molecule has 2 N–H and O–H groups in total. The summed E-state index contributed by atoms with van der Waals surface area (Å²) in [4.78, 5) is 0. The summed E-state index contributed by atoms with van der Waals surface area (Å²) < 4.78 is 0. The van der Waals surface area contributed by atoms with Crippen LogP contribution in [0.3, 0.4) is 0 Å². The Labute approximate surface area is 59.3 Å². The fourth-order valence-electron chi connectivity index (χ4n) is 0.271. The van der Waals surface area contributed by atoms with E-state index in [1.807, 2.05) is 6.08 Å². The first kappa shape index (κ1) is 8.34. The monoisotopic (exact) mass is 151 g/mol. The summed E-state index contributed by atoms with van der Waals surface area (Å²) in [6.45, 7) is 0.751. The summed E-state index contributed by atoms with van der Waals surface area (Å²) in [6, 6.07) is 0. The molecule has 0 aromatic rings. The molecule has 0 amide bonds. The summed E-state index contributed by atoms with van der Waals surface area (Å²) in [6.07, 6.45) is 1.90. The SMILES string of the molecule is NCCSC/C=C/Cl. The highest BCUT2D eigenvalue weighted by atomic mass is 35.5. The second kappa shape index (κ2) is 7.34. The number of hydrogen-bond donors (Lipinski definition) is 1. The maximum Gasteiger partial charge on any atom is 0.0125 e. The summed E-state index contributed by atoms with van der Waals surface area (Å²) in [5.74, 6) is 1.99. The van der Waals surface area contributed by atoms with Gasteiger partial charge in [0.25, 0.3) is 0 Å². The Balaban J connectivity index is 2.72. The number of rotatable bonds is 4. The van der Waals surface area contributed by atoms with Crippen LogP contribution in [0.2, 0.25) is 0 Å². The minimum absolute atomic E-state index is 0.751. The third kappa shape index (κ3) is 6.34. The van der Waals surface area contributed by atoms with Crippen molar-refractivity contribution in [2.45, 2.75) is 0 Å². The number of hydrogen-bond acceptors (Lipinski definition) is 2. The van der Waals surface area contributed by atoms with Gasteiger partial charge >= 0.3 is 0 Å². The van der Waals surface area contributed by atoms with Gasteiger partial charge in [-0.2, -0.15) is 11.8 Å². The summed E-state index contributed by atoms with van der Waals surface area (Å²) in [7, 11) is 0. The molecule has 0 aliphatic heterocycles. The van der Waals surface area contributed by atoms with Crippen LogP contribution in [0, 0.1) is 0 Å². The predicted molar refractivity (Wildman–Crippen MR) is 41.4 cm³/mol. The minimum atomic E-state index is 0.751. The van der Waals surface area contributed by atoms with E-state index in [1.165, 1.54) is 5.54 Å². The molecule has 0 heterocycles. The van der Waals surface area contributed by atoms with E-state index in [-0.39, 0.29) is 0 Å². The molecule has 0 atom stereocenters. The van der Waals surface area contributed by atoms with Crippen molar-refractivity contribution in [2.24, 2.45) is 5.73 Å². The molecule has 0 aromatic carbocycles. The first-order valence-corrected chi connectivity index (χ1v) is 4.04. The Morgan fingerprint density at radius 1 is 1.62 bits per heavy atom. The van der Waals surface area contributed by atoms with Gasteiger partial charge in [-0.3, -0.25) is 0 Å². The molecule has 0 saturated carbocycles. The van der Waals surface area contributed by atoms with Crippen molar-refractivity contribution in [1.29, 1.82) is 0 Å². The smallest absolute Gasteiger partial charge is 0.0125 e. The lowest BCUT2D eigenvalue weighted by molar-refractivity contribution is 1.15. The molecule has 0 rings (SSSR count). The second-order valence-electron chi connectivity index (χ2n) is 1.23. The van der Waals surface area contributed by atoms with Crippen LogP contribution in [0.5, 0.6) is 0 Å². The van der Waals surface area contributed by atoms with Crippen LogP contribution in [0.25, 0.3) is 0 Å². The Bertz CT molecular complexity index is 65.4. The molecule has 3 heteroatoms. The average Bonchev–Trinajstić information content (AvgIpc) is 1.81. The Morgan fingerprint density at radius 2 is 2.38 bits per heavy atom.